The van der Waals surface area contributed by atoms with Gasteiger partial charge in [0.05, 0.1) is 18.8 Å². The van der Waals surface area contributed by atoms with E-state index in [1.54, 1.807) is 19.2 Å². The molecule has 0 fully saturated rings. The Balaban J connectivity index is 1.76. The van der Waals surface area contributed by atoms with Crippen LogP contribution in [0.1, 0.15) is 5.56 Å². The van der Waals surface area contributed by atoms with Crippen LogP contribution in [0, 0.1) is 0 Å². The van der Waals surface area contributed by atoms with Gasteiger partial charge in [-0.25, -0.2) is 13.1 Å². The maximum Gasteiger partial charge on any atom is 0.242 e. The van der Waals surface area contributed by atoms with Gasteiger partial charge in [0.25, 0.3) is 0 Å². The lowest BCUT2D eigenvalue weighted by Crippen LogP contribution is -2.26. The highest BCUT2D eigenvalue weighted by molar-refractivity contribution is 7.89. The molecule has 3 aromatic rings. The summed E-state index contributed by atoms with van der Waals surface area (Å²) in [7, 11) is -2.04. The second kappa shape index (κ2) is 6.61. The molecule has 1 aromatic heterocycles. The summed E-state index contributed by atoms with van der Waals surface area (Å²) < 4.78 is 41.0. The number of fused-ring (bicyclic) bond motifs is 1. The molecule has 120 valence electrons. The topological polar surface area (TPSA) is 81.2 Å². The van der Waals surface area contributed by atoms with Gasteiger partial charge in [0.1, 0.15) is 21.7 Å². The van der Waals surface area contributed by atoms with E-state index in [1.165, 1.54) is 6.07 Å². The number of hydrogen-bond acceptors (Lipinski definition) is 6. The largest absolute Gasteiger partial charge is 0.496 e. The van der Waals surface area contributed by atoms with Crippen molar-refractivity contribution in [1.29, 1.82) is 0 Å². The Morgan fingerprint density at radius 1 is 1.13 bits per heavy atom. The first-order chi connectivity index (χ1) is 11.1. The number of ether oxygens (including phenoxy) is 1. The molecule has 0 spiro atoms. The average molecular weight is 349 g/mol. The average Bonchev–Trinajstić information content (AvgIpc) is 3.03. The summed E-state index contributed by atoms with van der Waals surface area (Å²) in [6.45, 7) is 0.274. The van der Waals surface area contributed by atoms with Crippen LogP contribution in [-0.4, -0.2) is 30.8 Å². The normalized spacial score (nSPS) is 11.7. The minimum absolute atomic E-state index is 0.156. The van der Waals surface area contributed by atoms with Crippen molar-refractivity contribution in [2.45, 2.75) is 11.3 Å². The van der Waals surface area contributed by atoms with Crippen molar-refractivity contribution in [2.75, 3.05) is 13.7 Å². The van der Waals surface area contributed by atoms with Crippen molar-refractivity contribution in [1.82, 2.24) is 13.5 Å². The van der Waals surface area contributed by atoms with E-state index in [0.29, 0.717) is 17.5 Å². The molecule has 23 heavy (non-hydrogen) atoms. The zero-order chi connectivity index (χ0) is 16.3. The third kappa shape index (κ3) is 3.34. The summed E-state index contributed by atoms with van der Waals surface area (Å²) >= 11 is 1.00. The third-order valence-corrected chi connectivity index (χ3v) is 5.45. The van der Waals surface area contributed by atoms with Gasteiger partial charge in [0.2, 0.25) is 10.0 Å². The van der Waals surface area contributed by atoms with E-state index in [0.717, 1.165) is 23.0 Å². The van der Waals surface area contributed by atoms with E-state index >= 15 is 0 Å². The van der Waals surface area contributed by atoms with E-state index in [-0.39, 0.29) is 11.4 Å². The van der Waals surface area contributed by atoms with Gasteiger partial charge in [-0.1, -0.05) is 24.3 Å². The van der Waals surface area contributed by atoms with Crippen LogP contribution in [0.3, 0.4) is 0 Å². The maximum atomic E-state index is 12.5. The number of methoxy groups -OCH3 is 1. The van der Waals surface area contributed by atoms with Gasteiger partial charge in [-0.3, -0.25) is 0 Å². The fourth-order valence-corrected chi connectivity index (χ4v) is 4.10. The second-order valence-electron chi connectivity index (χ2n) is 4.85. The molecule has 0 saturated heterocycles. The first-order valence-corrected chi connectivity index (χ1v) is 9.16. The fourth-order valence-electron chi connectivity index (χ4n) is 2.31. The van der Waals surface area contributed by atoms with Crippen LogP contribution in [-0.2, 0) is 16.4 Å². The van der Waals surface area contributed by atoms with Gasteiger partial charge >= 0.3 is 0 Å². The van der Waals surface area contributed by atoms with Crippen LogP contribution in [0.25, 0.3) is 11.0 Å². The van der Waals surface area contributed by atoms with Gasteiger partial charge in [-0.15, -0.1) is 0 Å². The van der Waals surface area contributed by atoms with Gasteiger partial charge in [-0.2, -0.15) is 8.75 Å². The van der Waals surface area contributed by atoms with E-state index in [1.807, 2.05) is 24.3 Å². The van der Waals surface area contributed by atoms with Gasteiger partial charge < -0.3 is 4.74 Å². The van der Waals surface area contributed by atoms with Crippen LogP contribution >= 0.6 is 11.7 Å². The highest BCUT2D eigenvalue weighted by Crippen LogP contribution is 2.21. The molecule has 0 radical (unpaired) electrons. The van der Waals surface area contributed by atoms with Gasteiger partial charge in [0, 0.05) is 6.54 Å². The van der Waals surface area contributed by atoms with Crippen molar-refractivity contribution in [3.63, 3.8) is 0 Å². The standard InChI is InChI=1S/C15H15N3O3S2/c1-21-13-7-3-2-5-11(13)9-10-16-23(19,20)14-8-4-6-12-15(14)18-22-17-12/h2-8,16H,9-10H2,1H3. The molecular weight excluding hydrogens is 334 g/mol. The monoisotopic (exact) mass is 349 g/mol. The molecule has 1 heterocycles. The van der Waals surface area contributed by atoms with Crippen molar-refractivity contribution >= 4 is 32.8 Å². The lowest BCUT2D eigenvalue weighted by atomic mass is 10.1. The Hall–Kier alpha value is -2.03. The van der Waals surface area contributed by atoms with Crippen molar-refractivity contribution in [2.24, 2.45) is 0 Å². The maximum absolute atomic E-state index is 12.5. The number of benzene rings is 2. The quantitative estimate of drug-likeness (QED) is 0.738. The van der Waals surface area contributed by atoms with E-state index in [4.69, 9.17) is 4.74 Å². The molecule has 0 amide bonds. The predicted molar refractivity (Wildman–Crippen MR) is 89.3 cm³/mol. The Bertz CT molecular complexity index is 922. The van der Waals surface area contributed by atoms with Crippen molar-refractivity contribution in [3.8, 4) is 5.75 Å². The summed E-state index contributed by atoms with van der Waals surface area (Å²) in [5, 5.41) is 0. The number of nitrogens with one attached hydrogen (secondary N) is 1. The lowest BCUT2D eigenvalue weighted by molar-refractivity contribution is 0.409. The number of sulfonamides is 1. The van der Waals surface area contributed by atoms with E-state index in [2.05, 4.69) is 13.5 Å². The van der Waals surface area contributed by atoms with Crippen LogP contribution in [0.15, 0.2) is 47.4 Å². The van der Waals surface area contributed by atoms with Crippen molar-refractivity contribution < 1.29 is 13.2 Å². The predicted octanol–water partition coefficient (Wildman–Crippen LogP) is 2.22. The summed E-state index contributed by atoms with van der Waals surface area (Å²) in [4.78, 5) is 0.156. The lowest BCUT2D eigenvalue weighted by Gasteiger charge is -2.09. The summed E-state index contributed by atoms with van der Waals surface area (Å²) in [5.74, 6) is 0.748. The van der Waals surface area contributed by atoms with E-state index in [9.17, 15) is 8.42 Å². The molecule has 0 aliphatic rings. The molecule has 3 rings (SSSR count). The zero-order valence-electron chi connectivity index (χ0n) is 12.4. The molecule has 8 heteroatoms. The van der Waals surface area contributed by atoms with Crippen LogP contribution in [0.2, 0.25) is 0 Å². The number of para-hydroxylation sites is 1. The van der Waals surface area contributed by atoms with E-state index < -0.39 is 10.0 Å². The third-order valence-electron chi connectivity index (χ3n) is 3.42. The van der Waals surface area contributed by atoms with Crippen LogP contribution in [0.5, 0.6) is 5.75 Å². The zero-order valence-corrected chi connectivity index (χ0v) is 14.0. The first kappa shape index (κ1) is 15.9. The summed E-state index contributed by atoms with van der Waals surface area (Å²) in [6.07, 6.45) is 0.536. The Labute approximate surface area is 138 Å². The highest BCUT2D eigenvalue weighted by atomic mass is 32.2. The molecule has 0 aliphatic heterocycles. The SMILES string of the molecule is COc1ccccc1CCNS(=O)(=O)c1cccc2nsnc12. The highest BCUT2D eigenvalue weighted by Gasteiger charge is 2.19. The molecule has 0 aliphatic carbocycles. The minimum Gasteiger partial charge on any atom is -0.496 e. The number of nitrogens with zero attached hydrogens (tertiary/aromatic N) is 2. The number of hydrogen-bond donors (Lipinski definition) is 1. The second-order valence-corrected chi connectivity index (χ2v) is 7.11. The molecule has 0 unspecified atom stereocenters. The number of rotatable bonds is 6. The van der Waals surface area contributed by atoms with Crippen LogP contribution < -0.4 is 9.46 Å². The van der Waals surface area contributed by atoms with Crippen LogP contribution in [0.4, 0.5) is 0 Å². The van der Waals surface area contributed by atoms with Crippen molar-refractivity contribution in [3.05, 3.63) is 48.0 Å². The molecule has 0 atom stereocenters. The Morgan fingerprint density at radius 2 is 1.96 bits per heavy atom. The first-order valence-electron chi connectivity index (χ1n) is 6.94. The number of aromatic nitrogens is 2. The smallest absolute Gasteiger partial charge is 0.242 e. The summed E-state index contributed by atoms with van der Waals surface area (Å²) in [6, 6.07) is 12.5. The molecule has 0 saturated carbocycles. The summed E-state index contributed by atoms with van der Waals surface area (Å²) in [5.41, 5.74) is 1.94. The minimum atomic E-state index is -3.63. The molecule has 1 N–H and O–H groups in total. The fraction of sp³-hybridized carbons (Fsp3) is 0.200. The molecule has 6 nitrogen and oxygen atoms in total. The van der Waals surface area contributed by atoms with Gasteiger partial charge in [-0.05, 0) is 30.2 Å². The molecular formula is C15H15N3O3S2. The van der Waals surface area contributed by atoms with Gasteiger partial charge in [0.15, 0.2) is 0 Å². The Kier molecular flexibility index (Phi) is 4.56. The molecule has 2 aromatic carbocycles. The molecule has 0 bridgehead atoms. The Morgan fingerprint density at radius 3 is 2.78 bits per heavy atom.